The van der Waals surface area contributed by atoms with E-state index in [1.807, 2.05) is 18.2 Å². The third-order valence-corrected chi connectivity index (χ3v) is 4.67. The van der Waals surface area contributed by atoms with Crippen LogP contribution in [0.15, 0.2) is 30.3 Å². The lowest BCUT2D eigenvalue weighted by molar-refractivity contribution is -0.136. The van der Waals surface area contributed by atoms with Gasteiger partial charge in [-0.25, -0.2) is 9.59 Å². The van der Waals surface area contributed by atoms with Crippen molar-refractivity contribution < 1.29 is 24.2 Å². The molecule has 1 aromatic rings. The normalized spacial score (nSPS) is 18.5. The van der Waals surface area contributed by atoms with Gasteiger partial charge >= 0.3 is 11.9 Å². The van der Waals surface area contributed by atoms with E-state index in [-0.39, 0.29) is 5.97 Å². The first kappa shape index (κ1) is 21.7. The first-order valence-electron chi connectivity index (χ1n) is 9.88. The van der Waals surface area contributed by atoms with Crippen LogP contribution >= 0.6 is 0 Å². The predicted molar refractivity (Wildman–Crippen MR) is 107 cm³/mol. The van der Waals surface area contributed by atoms with Gasteiger partial charge in [0.1, 0.15) is 0 Å². The van der Waals surface area contributed by atoms with Crippen LogP contribution in [0.3, 0.4) is 0 Å². The zero-order valence-electron chi connectivity index (χ0n) is 16.6. The van der Waals surface area contributed by atoms with Crippen LogP contribution < -0.4 is 0 Å². The molecule has 2 atom stereocenters. The molecule has 0 aromatic heterocycles. The van der Waals surface area contributed by atoms with E-state index in [1.54, 1.807) is 26.0 Å². The van der Waals surface area contributed by atoms with Gasteiger partial charge < -0.3 is 14.6 Å². The van der Waals surface area contributed by atoms with Crippen molar-refractivity contribution in [1.82, 2.24) is 0 Å². The van der Waals surface area contributed by atoms with E-state index in [0.29, 0.717) is 31.1 Å². The van der Waals surface area contributed by atoms with Gasteiger partial charge in [-0.3, -0.25) is 0 Å². The molecule has 0 aliphatic heterocycles. The summed E-state index contributed by atoms with van der Waals surface area (Å²) in [5, 5.41) is 10.1. The van der Waals surface area contributed by atoms with Gasteiger partial charge in [0.2, 0.25) is 0 Å². The highest BCUT2D eigenvalue weighted by atomic mass is 16.5. The van der Waals surface area contributed by atoms with Gasteiger partial charge in [-0.15, -0.1) is 0 Å². The van der Waals surface area contributed by atoms with Gasteiger partial charge in [0, 0.05) is 12.3 Å². The average Bonchev–Trinajstić information content (AvgIpc) is 2.69. The molecule has 5 nitrogen and oxygen atoms in total. The molecule has 1 aliphatic rings. The largest absolute Gasteiger partial charge is 0.462 e. The van der Waals surface area contributed by atoms with Crippen LogP contribution in [0.2, 0.25) is 0 Å². The second-order valence-corrected chi connectivity index (χ2v) is 6.68. The Balaban J connectivity index is 2.00. The molecule has 28 heavy (non-hydrogen) atoms. The standard InChI is InChI=1S/C23H28O5/c1-3-27-22(25)9-7-5-6-8-17-14-15-20(24)16-21(17)18-10-12-19(13-11-18)23(26)28-4-2/h10-13,16-17,20,24H,3-6,8,14-15H2,1-2H3. The van der Waals surface area contributed by atoms with Gasteiger partial charge in [-0.2, -0.15) is 0 Å². The number of hydrogen-bond donors (Lipinski definition) is 1. The molecule has 2 unspecified atom stereocenters. The molecule has 1 N–H and O–H groups in total. The zero-order valence-corrected chi connectivity index (χ0v) is 16.6. The molecule has 0 radical (unpaired) electrons. The summed E-state index contributed by atoms with van der Waals surface area (Å²) >= 11 is 0. The minimum Gasteiger partial charge on any atom is -0.462 e. The molecule has 0 heterocycles. The summed E-state index contributed by atoms with van der Waals surface area (Å²) in [5.74, 6) is 4.86. The number of rotatable bonds is 7. The Hall–Kier alpha value is -2.58. The summed E-state index contributed by atoms with van der Waals surface area (Å²) in [6, 6.07) is 7.33. The smallest absolute Gasteiger partial charge is 0.384 e. The summed E-state index contributed by atoms with van der Waals surface area (Å²) in [6.07, 6.45) is 5.53. The lowest BCUT2D eigenvalue weighted by Gasteiger charge is -2.27. The van der Waals surface area contributed by atoms with E-state index in [0.717, 1.165) is 36.8 Å². The summed E-state index contributed by atoms with van der Waals surface area (Å²) in [4.78, 5) is 23.0. The molecule has 5 heteroatoms. The maximum absolute atomic E-state index is 11.8. The predicted octanol–water partition coefficient (Wildman–Crippen LogP) is 3.75. The number of carbonyl (C=O) groups excluding carboxylic acids is 2. The van der Waals surface area contributed by atoms with Crippen LogP contribution in [0, 0.1) is 17.8 Å². The van der Waals surface area contributed by atoms with E-state index < -0.39 is 12.1 Å². The van der Waals surface area contributed by atoms with Crippen molar-refractivity contribution in [2.75, 3.05) is 13.2 Å². The second-order valence-electron chi connectivity index (χ2n) is 6.68. The number of allylic oxidation sites excluding steroid dienone is 1. The molecule has 0 saturated carbocycles. The van der Waals surface area contributed by atoms with Gasteiger partial charge in [-0.05, 0) is 68.7 Å². The number of unbranched alkanes of at least 4 members (excludes halogenated alkanes) is 1. The molecule has 0 spiro atoms. The fourth-order valence-electron chi connectivity index (χ4n) is 3.34. The molecule has 2 rings (SSSR count). The van der Waals surface area contributed by atoms with Crippen LogP contribution in [-0.2, 0) is 14.3 Å². The van der Waals surface area contributed by atoms with E-state index in [9.17, 15) is 14.7 Å². The molecule has 1 aliphatic carbocycles. The average molecular weight is 384 g/mol. The lowest BCUT2D eigenvalue weighted by Crippen LogP contribution is -2.17. The summed E-state index contributed by atoms with van der Waals surface area (Å²) in [5.41, 5.74) is 2.63. The van der Waals surface area contributed by atoms with Crippen molar-refractivity contribution in [3.05, 3.63) is 41.5 Å². The Kier molecular flexibility index (Phi) is 8.77. The highest BCUT2D eigenvalue weighted by Crippen LogP contribution is 2.36. The zero-order chi connectivity index (χ0) is 20.4. The molecular weight excluding hydrogens is 356 g/mol. The maximum atomic E-state index is 11.8. The first-order chi connectivity index (χ1) is 13.5. The van der Waals surface area contributed by atoms with Crippen molar-refractivity contribution in [1.29, 1.82) is 0 Å². The van der Waals surface area contributed by atoms with Crippen molar-refractivity contribution >= 4 is 17.5 Å². The Labute approximate surface area is 166 Å². The van der Waals surface area contributed by atoms with Crippen molar-refractivity contribution in [2.45, 2.75) is 52.1 Å². The Morgan fingerprint density at radius 1 is 1.11 bits per heavy atom. The first-order valence-corrected chi connectivity index (χ1v) is 9.88. The summed E-state index contributed by atoms with van der Waals surface area (Å²) < 4.78 is 9.80. The van der Waals surface area contributed by atoms with E-state index in [1.165, 1.54) is 0 Å². The van der Waals surface area contributed by atoms with Crippen molar-refractivity contribution in [3.8, 4) is 11.8 Å². The summed E-state index contributed by atoms with van der Waals surface area (Å²) in [7, 11) is 0. The van der Waals surface area contributed by atoms with Gasteiger partial charge in [0.05, 0.1) is 24.9 Å². The quantitative estimate of drug-likeness (QED) is 0.335. The van der Waals surface area contributed by atoms with Crippen LogP contribution in [0.4, 0.5) is 0 Å². The molecular formula is C23H28O5. The second kappa shape index (κ2) is 11.3. The van der Waals surface area contributed by atoms with Crippen LogP contribution in [0.5, 0.6) is 0 Å². The Morgan fingerprint density at radius 3 is 2.50 bits per heavy atom. The van der Waals surface area contributed by atoms with Gasteiger partial charge in [0.15, 0.2) is 0 Å². The molecule has 0 saturated heterocycles. The highest BCUT2D eigenvalue weighted by Gasteiger charge is 2.23. The number of aliphatic hydroxyl groups excluding tert-OH is 1. The summed E-state index contributed by atoms with van der Waals surface area (Å²) in [6.45, 7) is 4.21. The van der Waals surface area contributed by atoms with E-state index >= 15 is 0 Å². The maximum Gasteiger partial charge on any atom is 0.384 e. The lowest BCUT2D eigenvalue weighted by atomic mass is 9.80. The molecule has 150 valence electrons. The molecule has 1 aromatic carbocycles. The van der Waals surface area contributed by atoms with Crippen molar-refractivity contribution in [2.24, 2.45) is 5.92 Å². The third-order valence-electron chi connectivity index (χ3n) is 4.67. The highest BCUT2D eigenvalue weighted by molar-refractivity contribution is 5.90. The van der Waals surface area contributed by atoms with E-state index in [4.69, 9.17) is 9.47 Å². The Morgan fingerprint density at radius 2 is 1.82 bits per heavy atom. The minimum absolute atomic E-state index is 0.321. The fraction of sp³-hybridized carbons (Fsp3) is 0.478. The molecule has 0 fully saturated rings. The van der Waals surface area contributed by atoms with Crippen LogP contribution in [-0.4, -0.2) is 36.4 Å². The number of ether oxygens (including phenoxy) is 2. The van der Waals surface area contributed by atoms with Gasteiger partial charge in [-0.1, -0.05) is 24.1 Å². The van der Waals surface area contributed by atoms with E-state index in [2.05, 4.69) is 11.8 Å². The molecule has 0 amide bonds. The van der Waals surface area contributed by atoms with Crippen molar-refractivity contribution in [3.63, 3.8) is 0 Å². The minimum atomic E-state index is -0.481. The number of hydrogen-bond acceptors (Lipinski definition) is 5. The van der Waals surface area contributed by atoms with Crippen LogP contribution in [0.25, 0.3) is 5.57 Å². The molecule has 0 bridgehead atoms. The fourth-order valence-corrected chi connectivity index (χ4v) is 3.34. The SMILES string of the molecule is CCOC(=O)C#CCCCC1CCC(O)C=C1c1ccc(C(=O)OCC)cc1. The topological polar surface area (TPSA) is 72.8 Å². The van der Waals surface area contributed by atoms with Crippen LogP contribution in [0.1, 0.15) is 61.9 Å². The third kappa shape index (κ3) is 6.54. The number of benzene rings is 1. The number of esters is 2. The monoisotopic (exact) mass is 384 g/mol. The number of carbonyl (C=O) groups is 2. The number of aliphatic hydroxyl groups is 1. The Bertz CT molecular complexity index is 751. The van der Waals surface area contributed by atoms with Gasteiger partial charge in [0.25, 0.3) is 0 Å².